The van der Waals surface area contributed by atoms with Gasteiger partial charge in [0.15, 0.2) is 0 Å². The zero-order valence-electron chi connectivity index (χ0n) is 9.90. The SMILES string of the molecule is CC1NCCN(CC(=O)N(C)C2CC2)C1=O. The molecule has 5 nitrogen and oxygen atoms in total. The molecule has 1 saturated carbocycles. The van der Waals surface area contributed by atoms with Crippen molar-refractivity contribution in [1.29, 1.82) is 0 Å². The maximum atomic E-state index is 11.9. The molecule has 5 heteroatoms. The van der Waals surface area contributed by atoms with Gasteiger partial charge in [0.05, 0.1) is 12.6 Å². The van der Waals surface area contributed by atoms with Gasteiger partial charge in [-0.15, -0.1) is 0 Å². The first kappa shape index (κ1) is 11.4. The molecule has 16 heavy (non-hydrogen) atoms. The van der Waals surface area contributed by atoms with Crippen LogP contribution in [0.15, 0.2) is 0 Å². The van der Waals surface area contributed by atoms with Crippen LogP contribution in [0.3, 0.4) is 0 Å². The molecule has 0 radical (unpaired) electrons. The second-order valence-electron chi connectivity index (χ2n) is 4.67. The molecule has 0 spiro atoms. The van der Waals surface area contributed by atoms with Crippen LogP contribution in [-0.2, 0) is 9.59 Å². The molecule has 1 heterocycles. The summed E-state index contributed by atoms with van der Waals surface area (Å²) in [7, 11) is 1.83. The smallest absolute Gasteiger partial charge is 0.242 e. The van der Waals surface area contributed by atoms with Gasteiger partial charge in [-0.25, -0.2) is 0 Å². The van der Waals surface area contributed by atoms with Gasteiger partial charge in [-0.05, 0) is 19.8 Å². The van der Waals surface area contributed by atoms with E-state index >= 15 is 0 Å². The molecular weight excluding hydrogens is 206 g/mol. The van der Waals surface area contributed by atoms with E-state index in [-0.39, 0.29) is 24.4 Å². The van der Waals surface area contributed by atoms with Gasteiger partial charge in [-0.1, -0.05) is 0 Å². The molecule has 1 atom stereocenters. The number of hydrogen-bond donors (Lipinski definition) is 1. The number of piperazine rings is 1. The summed E-state index contributed by atoms with van der Waals surface area (Å²) in [4.78, 5) is 27.1. The number of nitrogens with zero attached hydrogens (tertiary/aromatic N) is 2. The standard InChI is InChI=1S/C11H19N3O2/c1-8-11(16)14(6-5-12-8)7-10(15)13(2)9-3-4-9/h8-9,12H,3-7H2,1-2H3. The Labute approximate surface area is 95.8 Å². The number of hydrogen-bond acceptors (Lipinski definition) is 3. The Balaban J connectivity index is 1.87. The second kappa shape index (κ2) is 4.41. The van der Waals surface area contributed by atoms with E-state index in [4.69, 9.17) is 0 Å². The van der Waals surface area contributed by atoms with Crippen LogP contribution in [0.2, 0.25) is 0 Å². The van der Waals surface area contributed by atoms with Crippen LogP contribution in [0.1, 0.15) is 19.8 Å². The molecule has 0 bridgehead atoms. The van der Waals surface area contributed by atoms with Crippen LogP contribution in [0.5, 0.6) is 0 Å². The minimum atomic E-state index is -0.159. The molecule has 2 fully saturated rings. The molecule has 2 amide bonds. The molecule has 1 aliphatic heterocycles. The fraction of sp³-hybridized carbons (Fsp3) is 0.818. The first-order chi connectivity index (χ1) is 7.59. The second-order valence-corrected chi connectivity index (χ2v) is 4.67. The highest BCUT2D eigenvalue weighted by Crippen LogP contribution is 2.25. The van der Waals surface area contributed by atoms with Crippen LogP contribution in [0.25, 0.3) is 0 Å². The average Bonchev–Trinajstić information content (AvgIpc) is 3.07. The Morgan fingerprint density at radius 2 is 2.25 bits per heavy atom. The highest BCUT2D eigenvalue weighted by atomic mass is 16.2. The molecular formula is C11H19N3O2. The van der Waals surface area contributed by atoms with E-state index in [1.807, 2.05) is 14.0 Å². The molecule has 1 unspecified atom stereocenters. The summed E-state index contributed by atoms with van der Waals surface area (Å²) in [5.41, 5.74) is 0. The molecule has 0 aromatic heterocycles. The van der Waals surface area contributed by atoms with E-state index in [0.717, 1.165) is 19.4 Å². The molecule has 2 rings (SSSR count). The molecule has 0 aromatic carbocycles. The molecule has 0 aromatic rings. The number of nitrogens with one attached hydrogen (secondary N) is 1. The van der Waals surface area contributed by atoms with E-state index < -0.39 is 0 Å². The van der Waals surface area contributed by atoms with Crippen molar-refractivity contribution in [2.75, 3.05) is 26.7 Å². The van der Waals surface area contributed by atoms with Crippen molar-refractivity contribution < 1.29 is 9.59 Å². The van der Waals surface area contributed by atoms with Crippen LogP contribution in [0, 0.1) is 0 Å². The van der Waals surface area contributed by atoms with Gasteiger partial charge in [0, 0.05) is 26.2 Å². The summed E-state index contributed by atoms with van der Waals surface area (Å²) in [6.07, 6.45) is 2.21. The highest BCUT2D eigenvalue weighted by molar-refractivity contribution is 5.88. The van der Waals surface area contributed by atoms with Gasteiger partial charge in [-0.3, -0.25) is 9.59 Å². The normalized spacial score (nSPS) is 25.8. The first-order valence-corrected chi connectivity index (χ1v) is 5.87. The quantitative estimate of drug-likeness (QED) is 0.699. The van der Waals surface area contributed by atoms with Gasteiger partial charge in [-0.2, -0.15) is 0 Å². The predicted molar refractivity (Wildman–Crippen MR) is 59.8 cm³/mol. The Hall–Kier alpha value is -1.10. The number of carbonyl (C=O) groups is 2. The highest BCUT2D eigenvalue weighted by Gasteiger charge is 2.32. The Morgan fingerprint density at radius 1 is 1.56 bits per heavy atom. The molecule has 90 valence electrons. The third-order valence-corrected chi connectivity index (χ3v) is 3.33. The molecule has 1 saturated heterocycles. The zero-order valence-corrected chi connectivity index (χ0v) is 9.90. The van der Waals surface area contributed by atoms with E-state index in [1.165, 1.54) is 0 Å². The monoisotopic (exact) mass is 225 g/mol. The summed E-state index contributed by atoms with van der Waals surface area (Å²) in [5, 5.41) is 3.08. The Morgan fingerprint density at radius 3 is 2.88 bits per heavy atom. The largest absolute Gasteiger partial charge is 0.341 e. The number of carbonyl (C=O) groups excluding carboxylic acids is 2. The third kappa shape index (κ3) is 2.35. The van der Waals surface area contributed by atoms with Gasteiger partial charge in [0.25, 0.3) is 0 Å². The maximum Gasteiger partial charge on any atom is 0.242 e. The summed E-state index contributed by atoms with van der Waals surface area (Å²) in [5.74, 6) is 0.0914. The average molecular weight is 225 g/mol. The zero-order chi connectivity index (χ0) is 11.7. The van der Waals surface area contributed by atoms with Gasteiger partial charge in [0.1, 0.15) is 0 Å². The number of amides is 2. The topological polar surface area (TPSA) is 52.7 Å². The Bertz CT molecular complexity index is 302. The van der Waals surface area contributed by atoms with Crippen molar-refractivity contribution in [2.45, 2.75) is 31.8 Å². The summed E-state index contributed by atoms with van der Waals surface area (Å²) in [6, 6.07) is 0.260. The van der Waals surface area contributed by atoms with E-state index in [1.54, 1.807) is 9.80 Å². The summed E-state index contributed by atoms with van der Waals surface area (Å²) in [6.45, 7) is 3.47. The third-order valence-electron chi connectivity index (χ3n) is 3.33. The molecule has 2 aliphatic rings. The van der Waals surface area contributed by atoms with Crippen LogP contribution >= 0.6 is 0 Å². The van der Waals surface area contributed by atoms with E-state index in [2.05, 4.69) is 5.32 Å². The Kier molecular flexibility index (Phi) is 3.14. The van der Waals surface area contributed by atoms with Gasteiger partial charge in [0.2, 0.25) is 11.8 Å². The van der Waals surface area contributed by atoms with E-state index in [0.29, 0.717) is 12.6 Å². The van der Waals surface area contributed by atoms with E-state index in [9.17, 15) is 9.59 Å². The number of likely N-dealkylation sites (N-methyl/N-ethyl adjacent to an activating group) is 1. The minimum absolute atomic E-state index is 0.0313. The van der Waals surface area contributed by atoms with Crippen molar-refractivity contribution in [2.24, 2.45) is 0 Å². The fourth-order valence-corrected chi connectivity index (χ4v) is 1.98. The summed E-state index contributed by atoms with van der Waals surface area (Å²) < 4.78 is 0. The van der Waals surface area contributed by atoms with Crippen molar-refractivity contribution in [1.82, 2.24) is 15.1 Å². The molecule has 1 N–H and O–H groups in total. The number of rotatable bonds is 3. The minimum Gasteiger partial charge on any atom is -0.341 e. The van der Waals surface area contributed by atoms with Crippen LogP contribution in [-0.4, -0.2) is 60.4 Å². The lowest BCUT2D eigenvalue weighted by molar-refractivity contribution is -0.142. The van der Waals surface area contributed by atoms with Crippen molar-refractivity contribution >= 4 is 11.8 Å². The van der Waals surface area contributed by atoms with Crippen molar-refractivity contribution in [3.05, 3.63) is 0 Å². The lowest BCUT2D eigenvalue weighted by Crippen LogP contribution is -2.56. The lowest BCUT2D eigenvalue weighted by Gasteiger charge is -2.32. The maximum absolute atomic E-state index is 11.9. The van der Waals surface area contributed by atoms with Crippen molar-refractivity contribution in [3.63, 3.8) is 0 Å². The summed E-state index contributed by atoms with van der Waals surface area (Å²) >= 11 is 0. The van der Waals surface area contributed by atoms with Crippen LogP contribution in [0.4, 0.5) is 0 Å². The van der Waals surface area contributed by atoms with Crippen molar-refractivity contribution in [3.8, 4) is 0 Å². The van der Waals surface area contributed by atoms with Gasteiger partial charge < -0.3 is 15.1 Å². The first-order valence-electron chi connectivity index (χ1n) is 5.87. The predicted octanol–water partition coefficient (Wildman–Crippen LogP) is -0.572. The van der Waals surface area contributed by atoms with Gasteiger partial charge >= 0.3 is 0 Å². The fourth-order valence-electron chi connectivity index (χ4n) is 1.98. The van der Waals surface area contributed by atoms with Crippen LogP contribution < -0.4 is 5.32 Å². The lowest BCUT2D eigenvalue weighted by atomic mass is 10.2. The molecule has 1 aliphatic carbocycles.